The maximum atomic E-state index is 10.7. The van der Waals surface area contributed by atoms with Crippen LogP contribution in [0.3, 0.4) is 0 Å². The predicted molar refractivity (Wildman–Crippen MR) is 93.8 cm³/mol. The first-order valence-corrected chi connectivity index (χ1v) is 8.27. The number of anilines is 1. The smallest absolute Gasteiger partial charge is 0.341 e. The van der Waals surface area contributed by atoms with Crippen molar-refractivity contribution >= 4 is 40.3 Å². The number of aliphatic carboxylic acids is 1. The van der Waals surface area contributed by atoms with E-state index >= 15 is 0 Å². The van der Waals surface area contributed by atoms with Gasteiger partial charge in [0, 0.05) is 5.38 Å². The molecule has 0 amide bonds. The zero-order valence-corrected chi connectivity index (χ0v) is 14.6. The van der Waals surface area contributed by atoms with Gasteiger partial charge in [-0.15, -0.1) is 11.3 Å². The Morgan fingerprint density at radius 3 is 2.92 bits per heavy atom. The minimum absolute atomic E-state index is 0.196. The van der Waals surface area contributed by atoms with Gasteiger partial charge in [-0.1, -0.05) is 11.6 Å². The standard InChI is InChI=1S/C15H16ClN3O4S/c1-3-22-12-5-10(4-11(16)14(12)23-7-13(20)21)6-17-19-15-18-9(2)8-24-15/h4-6,8H,3,7H2,1-2H3,(H,18,19)(H,20,21). The van der Waals surface area contributed by atoms with Gasteiger partial charge in [0.05, 0.1) is 23.5 Å². The lowest BCUT2D eigenvalue weighted by Crippen LogP contribution is -2.11. The van der Waals surface area contributed by atoms with Gasteiger partial charge >= 0.3 is 5.97 Å². The van der Waals surface area contributed by atoms with Crippen LogP contribution in [0.5, 0.6) is 11.5 Å². The fourth-order valence-electron chi connectivity index (χ4n) is 1.77. The van der Waals surface area contributed by atoms with Crippen LogP contribution in [0.1, 0.15) is 18.2 Å². The molecule has 0 unspecified atom stereocenters. The number of hydrogen-bond acceptors (Lipinski definition) is 7. The summed E-state index contributed by atoms with van der Waals surface area (Å²) in [5, 5.41) is 15.7. The number of rotatable bonds is 8. The van der Waals surface area contributed by atoms with Crippen molar-refractivity contribution in [2.75, 3.05) is 18.6 Å². The van der Waals surface area contributed by atoms with Crippen molar-refractivity contribution in [2.45, 2.75) is 13.8 Å². The van der Waals surface area contributed by atoms with Gasteiger partial charge in [0.1, 0.15) is 0 Å². The van der Waals surface area contributed by atoms with Crippen LogP contribution >= 0.6 is 22.9 Å². The minimum Gasteiger partial charge on any atom is -0.490 e. The third-order valence-electron chi connectivity index (χ3n) is 2.66. The largest absolute Gasteiger partial charge is 0.490 e. The summed E-state index contributed by atoms with van der Waals surface area (Å²) in [6.07, 6.45) is 1.56. The van der Waals surface area contributed by atoms with Crippen LogP contribution < -0.4 is 14.9 Å². The van der Waals surface area contributed by atoms with Crippen LogP contribution in [0.2, 0.25) is 5.02 Å². The minimum atomic E-state index is -1.10. The molecule has 2 N–H and O–H groups in total. The monoisotopic (exact) mass is 369 g/mol. The van der Waals surface area contributed by atoms with E-state index in [-0.39, 0.29) is 10.8 Å². The summed E-state index contributed by atoms with van der Waals surface area (Å²) in [6.45, 7) is 3.59. The molecule has 0 saturated carbocycles. The highest BCUT2D eigenvalue weighted by Crippen LogP contribution is 2.36. The summed E-state index contributed by atoms with van der Waals surface area (Å²) in [7, 11) is 0. The van der Waals surface area contributed by atoms with E-state index in [1.54, 1.807) is 18.3 Å². The van der Waals surface area contributed by atoms with Gasteiger partial charge in [-0.05, 0) is 31.5 Å². The van der Waals surface area contributed by atoms with Gasteiger partial charge < -0.3 is 14.6 Å². The number of carboxylic acid groups (broad SMARTS) is 1. The molecule has 0 fully saturated rings. The van der Waals surface area contributed by atoms with Crippen molar-refractivity contribution in [1.82, 2.24) is 4.98 Å². The Labute approximate surface area is 147 Å². The number of aromatic nitrogens is 1. The third kappa shape index (κ3) is 5.10. The molecule has 1 aromatic heterocycles. The van der Waals surface area contributed by atoms with Gasteiger partial charge in [-0.3, -0.25) is 5.43 Å². The van der Waals surface area contributed by atoms with Crippen molar-refractivity contribution in [2.24, 2.45) is 5.10 Å². The number of carbonyl (C=O) groups is 1. The number of nitrogens with one attached hydrogen (secondary N) is 1. The molecule has 2 rings (SSSR count). The van der Waals surface area contributed by atoms with Gasteiger partial charge in [-0.2, -0.15) is 5.10 Å². The maximum absolute atomic E-state index is 10.7. The molecule has 0 aliphatic rings. The molecule has 0 spiro atoms. The van der Waals surface area contributed by atoms with Crippen LogP contribution in [-0.2, 0) is 4.79 Å². The Hall–Kier alpha value is -2.32. The average molecular weight is 370 g/mol. The summed E-state index contributed by atoms with van der Waals surface area (Å²) in [6, 6.07) is 3.28. The Bertz CT molecular complexity index is 748. The van der Waals surface area contributed by atoms with E-state index in [1.807, 2.05) is 19.2 Å². The second-order valence-electron chi connectivity index (χ2n) is 4.61. The predicted octanol–water partition coefficient (Wildman–Crippen LogP) is 3.41. The first-order chi connectivity index (χ1) is 11.5. The van der Waals surface area contributed by atoms with Crippen molar-refractivity contribution in [3.63, 3.8) is 0 Å². The molecule has 7 nitrogen and oxygen atoms in total. The topological polar surface area (TPSA) is 93.0 Å². The van der Waals surface area contributed by atoms with E-state index < -0.39 is 12.6 Å². The Balaban J connectivity index is 2.16. The lowest BCUT2D eigenvalue weighted by atomic mass is 10.2. The number of hydrazone groups is 1. The molecule has 24 heavy (non-hydrogen) atoms. The maximum Gasteiger partial charge on any atom is 0.341 e. The quantitative estimate of drug-likeness (QED) is 0.547. The van der Waals surface area contributed by atoms with E-state index in [1.165, 1.54) is 11.3 Å². The number of halogens is 1. The van der Waals surface area contributed by atoms with Gasteiger partial charge in [0.2, 0.25) is 5.13 Å². The first-order valence-electron chi connectivity index (χ1n) is 7.01. The number of aryl methyl sites for hydroxylation is 1. The summed E-state index contributed by atoms with van der Waals surface area (Å²) in [5.41, 5.74) is 4.41. The van der Waals surface area contributed by atoms with E-state index in [9.17, 15) is 4.79 Å². The molecular formula is C15H16ClN3O4S. The lowest BCUT2D eigenvalue weighted by molar-refractivity contribution is -0.139. The van der Waals surface area contributed by atoms with Crippen molar-refractivity contribution in [3.8, 4) is 11.5 Å². The SMILES string of the molecule is CCOc1cc(C=NNc2nc(C)cs2)cc(Cl)c1OCC(=O)O. The molecule has 0 radical (unpaired) electrons. The van der Waals surface area contributed by atoms with Crippen molar-refractivity contribution in [3.05, 3.63) is 33.8 Å². The molecule has 1 aromatic carbocycles. The summed E-state index contributed by atoms with van der Waals surface area (Å²) >= 11 is 7.61. The van der Waals surface area contributed by atoms with Crippen LogP contribution in [0.25, 0.3) is 0 Å². The highest BCUT2D eigenvalue weighted by atomic mass is 35.5. The third-order valence-corrected chi connectivity index (χ3v) is 3.81. The molecule has 1 heterocycles. The van der Waals surface area contributed by atoms with Crippen LogP contribution in [0, 0.1) is 6.92 Å². The number of nitrogens with zero attached hydrogens (tertiary/aromatic N) is 2. The number of ether oxygens (including phenoxy) is 2. The first kappa shape index (κ1) is 18.0. The number of carboxylic acids is 1. The van der Waals surface area contributed by atoms with Crippen LogP contribution in [0.15, 0.2) is 22.6 Å². The van der Waals surface area contributed by atoms with E-state index in [4.69, 9.17) is 26.2 Å². The molecule has 0 atom stereocenters. The van der Waals surface area contributed by atoms with Crippen LogP contribution in [0.4, 0.5) is 5.13 Å². The Kier molecular flexibility index (Phi) is 6.39. The van der Waals surface area contributed by atoms with Crippen molar-refractivity contribution < 1.29 is 19.4 Å². The molecule has 128 valence electrons. The molecule has 0 aliphatic heterocycles. The van der Waals surface area contributed by atoms with Crippen LogP contribution in [-0.4, -0.2) is 35.5 Å². The molecule has 2 aromatic rings. The number of thiazole rings is 1. The van der Waals surface area contributed by atoms with Gasteiger partial charge in [0.25, 0.3) is 0 Å². The molecule has 0 bridgehead atoms. The van der Waals surface area contributed by atoms with E-state index in [0.29, 0.717) is 23.1 Å². The van der Waals surface area contributed by atoms with Gasteiger partial charge in [0.15, 0.2) is 18.1 Å². The molecule has 0 aliphatic carbocycles. The highest BCUT2D eigenvalue weighted by Gasteiger charge is 2.13. The number of benzene rings is 1. The summed E-state index contributed by atoms with van der Waals surface area (Å²) < 4.78 is 10.7. The second-order valence-corrected chi connectivity index (χ2v) is 5.87. The zero-order chi connectivity index (χ0) is 17.5. The highest BCUT2D eigenvalue weighted by molar-refractivity contribution is 7.13. The Morgan fingerprint density at radius 2 is 2.29 bits per heavy atom. The molecule has 9 heteroatoms. The second kappa shape index (κ2) is 8.51. The lowest BCUT2D eigenvalue weighted by Gasteiger charge is -2.13. The fourth-order valence-corrected chi connectivity index (χ4v) is 2.68. The van der Waals surface area contributed by atoms with E-state index in [2.05, 4.69) is 15.5 Å². The molecule has 0 saturated heterocycles. The Morgan fingerprint density at radius 1 is 1.50 bits per heavy atom. The zero-order valence-electron chi connectivity index (χ0n) is 13.1. The van der Waals surface area contributed by atoms with Gasteiger partial charge in [-0.25, -0.2) is 9.78 Å². The van der Waals surface area contributed by atoms with Crippen molar-refractivity contribution in [1.29, 1.82) is 0 Å². The summed E-state index contributed by atoms with van der Waals surface area (Å²) in [5.74, 6) is -0.540. The molecular weight excluding hydrogens is 354 g/mol. The van der Waals surface area contributed by atoms with E-state index in [0.717, 1.165) is 5.69 Å². The fraction of sp³-hybridized carbons (Fsp3) is 0.267. The number of hydrogen-bond donors (Lipinski definition) is 2. The summed E-state index contributed by atoms with van der Waals surface area (Å²) in [4.78, 5) is 14.9. The normalized spacial score (nSPS) is 10.8. The average Bonchev–Trinajstić information content (AvgIpc) is 2.92.